The molecule has 0 amide bonds. The number of hydrogen-bond acceptors (Lipinski definition) is 3. The van der Waals surface area contributed by atoms with Gasteiger partial charge in [0.2, 0.25) is 0 Å². The molecule has 0 spiro atoms. The highest BCUT2D eigenvalue weighted by Crippen LogP contribution is 2.24. The normalized spacial score (nSPS) is 9.80. The highest BCUT2D eigenvalue weighted by atomic mass is 32.1. The fourth-order valence-corrected chi connectivity index (χ4v) is 1.40. The third-order valence-corrected chi connectivity index (χ3v) is 2.03. The summed E-state index contributed by atoms with van der Waals surface area (Å²) >= 11 is 1.51. The van der Waals surface area contributed by atoms with Crippen LogP contribution in [0.3, 0.4) is 0 Å². The average Bonchev–Trinajstić information content (AvgIpc) is 2.36. The lowest BCUT2D eigenvalue weighted by atomic mass is 10.4. The number of ether oxygens (including phenoxy) is 1. The standard InChI is InChI=1S/C7H10O2S/c1-2-9-6-3-4-10-7(6)5-8/h3-4,8H,2,5H2,1H3. The van der Waals surface area contributed by atoms with Crippen LogP contribution in [0.4, 0.5) is 0 Å². The molecule has 0 aliphatic heterocycles. The van der Waals surface area contributed by atoms with Crippen molar-refractivity contribution >= 4 is 11.3 Å². The van der Waals surface area contributed by atoms with Crippen molar-refractivity contribution in [2.24, 2.45) is 0 Å². The quantitative estimate of drug-likeness (QED) is 0.724. The van der Waals surface area contributed by atoms with E-state index in [1.54, 1.807) is 0 Å². The topological polar surface area (TPSA) is 29.5 Å². The predicted molar refractivity (Wildman–Crippen MR) is 41.4 cm³/mol. The molecule has 0 saturated heterocycles. The minimum absolute atomic E-state index is 0.0764. The van der Waals surface area contributed by atoms with Gasteiger partial charge in [-0.3, -0.25) is 0 Å². The van der Waals surface area contributed by atoms with Crippen molar-refractivity contribution in [1.82, 2.24) is 0 Å². The maximum Gasteiger partial charge on any atom is 0.135 e. The zero-order chi connectivity index (χ0) is 7.40. The van der Waals surface area contributed by atoms with E-state index in [1.807, 2.05) is 18.4 Å². The molecule has 0 aliphatic rings. The largest absolute Gasteiger partial charge is 0.493 e. The van der Waals surface area contributed by atoms with Gasteiger partial charge >= 0.3 is 0 Å². The second-order valence-corrected chi connectivity index (χ2v) is 2.80. The fraction of sp³-hybridized carbons (Fsp3) is 0.429. The number of aliphatic hydroxyl groups excluding tert-OH is 1. The van der Waals surface area contributed by atoms with Gasteiger partial charge in [0.15, 0.2) is 0 Å². The molecular formula is C7H10O2S. The lowest BCUT2D eigenvalue weighted by molar-refractivity contribution is 0.272. The van der Waals surface area contributed by atoms with Crippen LogP contribution in [0.1, 0.15) is 11.8 Å². The van der Waals surface area contributed by atoms with Crippen LogP contribution in [0.2, 0.25) is 0 Å². The van der Waals surface area contributed by atoms with E-state index in [0.717, 1.165) is 10.6 Å². The summed E-state index contributed by atoms with van der Waals surface area (Å²) in [6, 6.07) is 1.87. The van der Waals surface area contributed by atoms with Crippen molar-refractivity contribution in [1.29, 1.82) is 0 Å². The molecule has 1 N–H and O–H groups in total. The van der Waals surface area contributed by atoms with Crippen LogP contribution in [0, 0.1) is 0 Å². The van der Waals surface area contributed by atoms with E-state index in [2.05, 4.69) is 0 Å². The number of rotatable bonds is 3. The maximum absolute atomic E-state index is 8.76. The Morgan fingerprint density at radius 1 is 1.70 bits per heavy atom. The summed E-state index contributed by atoms with van der Waals surface area (Å²) in [7, 11) is 0. The Morgan fingerprint density at radius 3 is 3.10 bits per heavy atom. The molecular weight excluding hydrogens is 148 g/mol. The van der Waals surface area contributed by atoms with Crippen molar-refractivity contribution < 1.29 is 9.84 Å². The number of hydrogen-bond donors (Lipinski definition) is 1. The average molecular weight is 158 g/mol. The second-order valence-electron chi connectivity index (χ2n) is 1.80. The molecule has 3 heteroatoms. The first-order valence-electron chi connectivity index (χ1n) is 3.18. The third kappa shape index (κ3) is 1.49. The van der Waals surface area contributed by atoms with Gasteiger partial charge in [-0.25, -0.2) is 0 Å². The molecule has 56 valence electrons. The molecule has 1 heterocycles. The lowest BCUT2D eigenvalue weighted by Gasteiger charge is -2.00. The van der Waals surface area contributed by atoms with E-state index in [9.17, 15) is 0 Å². The minimum atomic E-state index is 0.0764. The Balaban J connectivity index is 2.70. The Bertz CT molecular complexity index is 195. The molecule has 0 aliphatic carbocycles. The van der Waals surface area contributed by atoms with Gasteiger partial charge < -0.3 is 9.84 Å². The van der Waals surface area contributed by atoms with E-state index >= 15 is 0 Å². The summed E-state index contributed by atoms with van der Waals surface area (Å²) in [4.78, 5) is 0.904. The van der Waals surface area contributed by atoms with Gasteiger partial charge in [0.25, 0.3) is 0 Å². The highest BCUT2D eigenvalue weighted by Gasteiger charge is 2.01. The minimum Gasteiger partial charge on any atom is -0.493 e. The van der Waals surface area contributed by atoms with Gasteiger partial charge in [0, 0.05) is 0 Å². The first-order valence-corrected chi connectivity index (χ1v) is 4.06. The van der Waals surface area contributed by atoms with Gasteiger partial charge in [0.1, 0.15) is 5.75 Å². The van der Waals surface area contributed by atoms with E-state index in [1.165, 1.54) is 11.3 Å². The summed E-state index contributed by atoms with van der Waals surface area (Å²) in [6.07, 6.45) is 0. The van der Waals surface area contributed by atoms with Gasteiger partial charge in [-0.05, 0) is 18.4 Å². The molecule has 0 radical (unpaired) electrons. The Morgan fingerprint density at radius 2 is 2.50 bits per heavy atom. The molecule has 1 aromatic rings. The van der Waals surface area contributed by atoms with Crippen molar-refractivity contribution in [3.05, 3.63) is 16.3 Å². The first kappa shape index (κ1) is 7.57. The predicted octanol–water partition coefficient (Wildman–Crippen LogP) is 1.64. The molecule has 0 unspecified atom stereocenters. The van der Waals surface area contributed by atoms with Gasteiger partial charge in [0.05, 0.1) is 18.1 Å². The molecule has 0 atom stereocenters. The van der Waals surface area contributed by atoms with E-state index < -0.39 is 0 Å². The van der Waals surface area contributed by atoms with Crippen LogP contribution >= 0.6 is 11.3 Å². The Kier molecular flexibility index (Phi) is 2.71. The van der Waals surface area contributed by atoms with E-state index in [4.69, 9.17) is 9.84 Å². The first-order chi connectivity index (χ1) is 4.88. The third-order valence-electron chi connectivity index (χ3n) is 1.15. The van der Waals surface area contributed by atoms with Crippen molar-refractivity contribution in [2.75, 3.05) is 6.61 Å². The molecule has 1 rings (SSSR count). The van der Waals surface area contributed by atoms with Crippen LogP contribution in [-0.4, -0.2) is 11.7 Å². The smallest absolute Gasteiger partial charge is 0.135 e. The number of thiophene rings is 1. The maximum atomic E-state index is 8.76. The van der Waals surface area contributed by atoms with Gasteiger partial charge in [-0.2, -0.15) is 0 Å². The molecule has 2 nitrogen and oxygen atoms in total. The summed E-state index contributed by atoms with van der Waals surface area (Å²) in [5, 5.41) is 10.7. The van der Waals surface area contributed by atoms with Crippen LogP contribution in [-0.2, 0) is 6.61 Å². The molecule has 1 aromatic heterocycles. The molecule has 10 heavy (non-hydrogen) atoms. The zero-order valence-corrected chi connectivity index (χ0v) is 6.65. The SMILES string of the molecule is CCOc1ccsc1CO. The van der Waals surface area contributed by atoms with Crippen LogP contribution in [0.15, 0.2) is 11.4 Å². The molecule has 0 bridgehead atoms. The van der Waals surface area contributed by atoms with Crippen LogP contribution in [0.5, 0.6) is 5.75 Å². The van der Waals surface area contributed by atoms with E-state index in [0.29, 0.717) is 6.61 Å². The van der Waals surface area contributed by atoms with Crippen LogP contribution < -0.4 is 4.74 Å². The summed E-state index contributed by atoms with van der Waals surface area (Å²) in [5.41, 5.74) is 0. The molecule has 0 aromatic carbocycles. The van der Waals surface area contributed by atoms with E-state index in [-0.39, 0.29) is 6.61 Å². The summed E-state index contributed by atoms with van der Waals surface area (Å²) in [6.45, 7) is 2.66. The van der Waals surface area contributed by atoms with Crippen molar-refractivity contribution in [3.8, 4) is 5.75 Å². The van der Waals surface area contributed by atoms with Crippen molar-refractivity contribution in [3.63, 3.8) is 0 Å². The van der Waals surface area contributed by atoms with Gasteiger partial charge in [-0.1, -0.05) is 0 Å². The molecule has 0 fully saturated rings. The second kappa shape index (κ2) is 3.58. The van der Waals surface area contributed by atoms with Crippen molar-refractivity contribution in [2.45, 2.75) is 13.5 Å². The van der Waals surface area contributed by atoms with Gasteiger partial charge in [-0.15, -0.1) is 11.3 Å². The Labute approximate surface area is 64.1 Å². The molecule has 0 saturated carbocycles. The zero-order valence-electron chi connectivity index (χ0n) is 5.83. The summed E-state index contributed by atoms with van der Waals surface area (Å²) in [5.74, 6) is 0.815. The lowest BCUT2D eigenvalue weighted by Crippen LogP contribution is -1.92. The summed E-state index contributed by atoms with van der Waals surface area (Å²) < 4.78 is 5.22. The fourth-order valence-electron chi connectivity index (χ4n) is 0.728. The number of aliphatic hydroxyl groups is 1. The highest BCUT2D eigenvalue weighted by molar-refractivity contribution is 7.10. The monoisotopic (exact) mass is 158 g/mol. The van der Waals surface area contributed by atoms with Crippen LogP contribution in [0.25, 0.3) is 0 Å². The Hall–Kier alpha value is -0.540.